The highest BCUT2D eigenvalue weighted by molar-refractivity contribution is 6.45. The minimum absolute atomic E-state index is 0.195. The number of hydrogen-bond acceptors (Lipinski definition) is 2. The summed E-state index contributed by atoms with van der Waals surface area (Å²) in [5.41, 5.74) is 0.293. The second-order valence-electron chi connectivity index (χ2n) is 3.35. The van der Waals surface area contributed by atoms with Gasteiger partial charge in [0.2, 0.25) is 0 Å². The highest BCUT2D eigenvalue weighted by atomic mass is 35.5. The molecule has 7 heteroatoms. The maximum absolute atomic E-state index is 11.5. The Morgan fingerprint density at radius 1 is 1.17 bits per heavy atom. The Bertz CT molecular complexity index is 452. The summed E-state index contributed by atoms with van der Waals surface area (Å²) in [6.45, 7) is 0.346. The monoisotopic (exact) mass is 308 g/mol. The number of benzene rings is 1. The Morgan fingerprint density at radius 2 is 1.89 bits per heavy atom. The second-order valence-corrected chi connectivity index (χ2v) is 4.52. The van der Waals surface area contributed by atoms with Crippen LogP contribution < -0.4 is 10.6 Å². The van der Waals surface area contributed by atoms with Gasteiger partial charge < -0.3 is 10.6 Å². The Morgan fingerprint density at radius 3 is 2.56 bits per heavy atom. The number of nitrogens with one attached hydrogen (secondary N) is 2. The molecule has 0 unspecified atom stereocenters. The van der Waals surface area contributed by atoms with Crippen LogP contribution in [0.3, 0.4) is 0 Å². The minimum Gasteiger partial charge on any atom is -0.348 e. The predicted octanol–water partition coefficient (Wildman–Crippen LogP) is 2.68. The molecule has 0 atom stereocenters. The van der Waals surface area contributed by atoms with Gasteiger partial charge in [-0.05, 0) is 18.6 Å². The van der Waals surface area contributed by atoms with Crippen molar-refractivity contribution in [1.82, 2.24) is 5.32 Å². The summed E-state index contributed by atoms with van der Waals surface area (Å²) in [6.07, 6.45) is 0.596. The minimum atomic E-state index is -0.797. The van der Waals surface area contributed by atoms with Gasteiger partial charge in [-0.15, -0.1) is 11.6 Å². The molecule has 1 aromatic carbocycles. The summed E-state index contributed by atoms with van der Waals surface area (Å²) in [6, 6.07) is 4.76. The van der Waals surface area contributed by atoms with Crippen LogP contribution in [-0.2, 0) is 9.59 Å². The fourth-order valence-corrected chi connectivity index (χ4v) is 1.61. The van der Waals surface area contributed by atoms with Crippen LogP contribution in [0.4, 0.5) is 5.69 Å². The second kappa shape index (κ2) is 7.46. The summed E-state index contributed by atoms with van der Waals surface area (Å²) in [7, 11) is 0. The van der Waals surface area contributed by atoms with Crippen molar-refractivity contribution >= 4 is 52.3 Å². The van der Waals surface area contributed by atoms with E-state index in [0.717, 1.165) is 0 Å². The Balaban J connectivity index is 2.59. The number of carbonyl (C=O) groups excluding carboxylic acids is 2. The molecule has 98 valence electrons. The first-order chi connectivity index (χ1) is 8.56. The van der Waals surface area contributed by atoms with Crippen LogP contribution in [0.25, 0.3) is 0 Å². The van der Waals surface area contributed by atoms with Crippen molar-refractivity contribution < 1.29 is 9.59 Å². The molecular formula is C11H11Cl3N2O2. The lowest BCUT2D eigenvalue weighted by molar-refractivity contribution is -0.136. The molecule has 0 bridgehead atoms. The number of alkyl halides is 1. The van der Waals surface area contributed by atoms with Crippen molar-refractivity contribution in [3.8, 4) is 0 Å². The molecule has 18 heavy (non-hydrogen) atoms. The van der Waals surface area contributed by atoms with Crippen molar-refractivity contribution in [2.75, 3.05) is 17.7 Å². The van der Waals surface area contributed by atoms with Crippen LogP contribution in [0.1, 0.15) is 6.42 Å². The van der Waals surface area contributed by atoms with E-state index in [1.165, 1.54) is 0 Å². The van der Waals surface area contributed by atoms with E-state index in [1.54, 1.807) is 18.2 Å². The molecule has 2 N–H and O–H groups in total. The van der Waals surface area contributed by atoms with Crippen LogP contribution in [-0.4, -0.2) is 24.2 Å². The lowest BCUT2D eigenvalue weighted by atomic mass is 10.3. The topological polar surface area (TPSA) is 58.2 Å². The molecule has 0 aliphatic rings. The van der Waals surface area contributed by atoms with Crippen LogP contribution >= 0.6 is 34.8 Å². The largest absolute Gasteiger partial charge is 0.348 e. The lowest BCUT2D eigenvalue weighted by Crippen LogP contribution is -2.36. The molecule has 1 rings (SSSR count). The molecule has 0 aliphatic heterocycles. The zero-order valence-electron chi connectivity index (χ0n) is 9.30. The van der Waals surface area contributed by atoms with E-state index < -0.39 is 11.8 Å². The number of amides is 2. The molecule has 0 saturated heterocycles. The molecule has 4 nitrogen and oxygen atoms in total. The Hall–Kier alpha value is -0.970. The molecule has 2 amide bonds. The van der Waals surface area contributed by atoms with Gasteiger partial charge in [0.15, 0.2) is 0 Å². The normalized spacial score (nSPS) is 9.94. The lowest BCUT2D eigenvalue weighted by Gasteiger charge is -2.08. The molecule has 0 heterocycles. The summed E-state index contributed by atoms with van der Waals surface area (Å²) >= 11 is 17.1. The molecule has 0 fully saturated rings. The van der Waals surface area contributed by atoms with Gasteiger partial charge in [-0.1, -0.05) is 29.3 Å². The van der Waals surface area contributed by atoms with Gasteiger partial charge >= 0.3 is 11.8 Å². The van der Waals surface area contributed by atoms with Crippen molar-refractivity contribution in [3.05, 3.63) is 28.2 Å². The van der Waals surface area contributed by atoms with Gasteiger partial charge in [-0.25, -0.2) is 0 Å². The van der Waals surface area contributed by atoms with Gasteiger partial charge in [-0.3, -0.25) is 9.59 Å². The quantitative estimate of drug-likeness (QED) is 0.510. The first-order valence-electron chi connectivity index (χ1n) is 5.15. The summed E-state index contributed by atoms with van der Waals surface area (Å²) in [5, 5.41) is 5.30. The molecule has 0 aromatic heterocycles. The van der Waals surface area contributed by atoms with Crippen LogP contribution in [0.2, 0.25) is 10.0 Å². The van der Waals surface area contributed by atoms with E-state index >= 15 is 0 Å². The number of rotatable bonds is 4. The summed E-state index contributed by atoms with van der Waals surface area (Å²) < 4.78 is 0. The van der Waals surface area contributed by atoms with Crippen molar-refractivity contribution in [3.63, 3.8) is 0 Å². The number of halogens is 3. The van der Waals surface area contributed by atoms with E-state index in [4.69, 9.17) is 34.8 Å². The highest BCUT2D eigenvalue weighted by Gasteiger charge is 2.15. The van der Waals surface area contributed by atoms with Crippen LogP contribution in [0, 0.1) is 0 Å². The van der Waals surface area contributed by atoms with Gasteiger partial charge in [0.05, 0.1) is 15.7 Å². The molecule has 1 aromatic rings. The molecular weight excluding hydrogens is 298 g/mol. The maximum Gasteiger partial charge on any atom is 0.313 e. The SMILES string of the molecule is O=C(NCCCCl)C(=O)Nc1cccc(Cl)c1Cl. The maximum atomic E-state index is 11.5. The predicted molar refractivity (Wildman–Crippen MR) is 73.4 cm³/mol. The van der Waals surface area contributed by atoms with E-state index in [0.29, 0.717) is 29.6 Å². The van der Waals surface area contributed by atoms with Gasteiger partial charge in [0.25, 0.3) is 0 Å². The molecule has 0 spiro atoms. The van der Waals surface area contributed by atoms with Crippen molar-refractivity contribution in [2.45, 2.75) is 6.42 Å². The summed E-state index contributed by atoms with van der Waals surface area (Å²) in [4.78, 5) is 22.9. The standard InChI is InChI=1S/C11H11Cl3N2O2/c12-5-2-6-15-10(17)11(18)16-8-4-1-3-7(13)9(8)14/h1,3-4H,2,5-6H2,(H,15,17)(H,16,18). The first-order valence-corrected chi connectivity index (χ1v) is 6.44. The van der Waals surface area contributed by atoms with E-state index in [9.17, 15) is 9.59 Å². The zero-order chi connectivity index (χ0) is 13.5. The smallest absolute Gasteiger partial charge is 0.313 e. The van der Waals surface area contributed by atoms with Gasteiger partial charge in [0.1, 0.15) is 0 Å². The van der Waals surface area contributed by atoms with Gasteiger partial charge in [-0.2, -0.15) is 0 Å². The molecule has 0 saturated carbocycles. The van der Waals surface area contributed by atoms with E-state index in [2.05, 4.69) is 10.6 Å². The molecule has 0 aliphatic carbocycles. The van der Waals surface area contributed by atoms with Crippen LogP contribution in [0.5, 0.6) is 0 Å². The first kappa shape index (κ1) is 15.1. The van der Waals surface area contributed by atoms with Crippen molar-refractivity contribution in [1.29, 1.82) is 0 Å². The highest BCUT2D eigenvalue weighted by Crippen LogP contribution is 2.29. The number of hydrogen-bond donors (Lipinski definition) is 2. The Kier molecular flexibility index (Phi) is 6.25. The van der Waals surface area contributed by atoms with E-state index in [-0.39, 0.29) is 5.02 Å². The average Bonchev–Trinajstić information content (AvgIpc) is 2.35. The zero-order valence-corrected chi connectivity index (χ0v) is 11.6. The Labute approximate surface area is 120 Å². The fraction of sp³-hybridized carbons (Fsp3) is 0.273. The van der Waals surface area contributed by atoms with E-state index in [1.807, 2.05) is 0 Å². The summed E-state index contributed by atoms with van der Waals surface area (Å²) in [5.74, 6) is -1.12. The molecule has 0 radical (unpaired) electrons. The third-order valence-electron chi connectivity index (χ3n) is 2.00. The van der Waals surface area contributed by atoms with Crippen LogP contribution in [0.15, 0.2) is 18.2 Å². The third-order valence-corrected chi connectivity index (χ3v) is 3.09. The average molecular weight is 310 g/mol. The number of carbonyl (C=O) groups is 2. The van der Waals surface area contributed by atoms with Gasteiger partial charge in [0, 0.05) is 12.4 Å². The fourth-order valence-electron chi connectivity index (χ4n) is 1.13. The third kappa shape index (κ3) is 4.37. The van der Waals surface area contributed by atoms with Crippen molar-refractivity contribution in [2.24, 2.45) is 0 Å². The number of anilines is 1.